The number of halogens is 1. The fraction of sp³-hybridized carbons (Fsp3) is 0.429. The van der Waals surface area contributed by atoms with E-state index in [2.05, 4.69) is 20.6 Å². The first-order valence-electron chi connectivity index (χ1n) is 9.53. The van der Waals surface area contributed by atoms with Crippen LogP contribution >= 0.6 is 24.0 Å². The number of benzene rings is 1. The van der Waals surface area contributed by atoms with Crippen LogP contribution in [-0.4, -0.2) is 37.7 Å². The molecular formula is C21H29IN4O2. The lowest BCUT2D eigenvalue weighted by Gasteiger charge is -2.12. The fourth-order valence-corrected chi connectivity index (χ4v) is 2.48. The second kappa shape index (κ2) is 12.4. The van der Waals surface area contributed by atoms with Crippen molar-refractivity contribution in [1.29, 1.82) is 0 Å². The van der Waals surface area contributed by atoms with Crippen LogP contribution in [0.1, 0.15) is 24.8 Å². The molecule has 2 aromatic rings. The summed E-state index contributed by atoms with van der Waals surface area (Å²) in [7, 11) is 1.77. The molecule has 28 heavy (non-hydrogen) atoms. The highest BCUT2D eigenvalue weighted by Crippen LogP contribution is 2.29. The largest absolute Gasteiger partial charge is 0.494 e. The minimum absolute atomic E-state index is 0. The van der Waals surface area contributed by atoms with Gasteiger partial charge in [0.15, 0.2) is 5.96 Å². The number of hydrogen-bond donors (Lipinski definition) is 2. The van der Waals surface area contributed by atoms with E-state index in [4.69, 9.17) is 9.47 Å². The van der Waals surface area contributed by atoms with Crippen LogP contribution in [0.2, 0.25) is 0 Å². The van der Waals surface area contributed by atoms with Gasteiger partial charge in [0, 0.05) is 32.4 Å². The number of nitrogens with one attached hydrogen (secondary N) is 2. The van der Waals surface area contributed by atoms with E-state index in [0.717, 1.165) is 42.8 Å². The second-order valence-electron chi connectivity index (χ2n) is 6.63. The van der Waals surface area contributed by atoms with Crippen molar-refractivity contribution in [3.05, 3.63) is 54.2 Å². The van der Waals surface area contributed by atoms with Crippen LogP contribution in [0.4, 0.5) is 0 Å². The maximum atomic E-state index is 5.68. The Morgan fingerprint density at radius 3 is 2.61 bits per heavy atom. The highest BCUT2D eigenvalue weighted by Gasteiger charge is 2.21. The molecule has 1 saturated carbocycles. The Hall–Kier alpha value is -2.03. The van der Waals surface area contributed by atoms with Crippen molar-refractivity contribution < 1.29 is 9.47 Å². The van der Waals surface area contributed by atoms with Gasteiger partial charge in [-0.1, -0.05) is 24.3 Å². The smallest absolute Gasteiger partial charge is 0.213 e. The molecule has 0 unspecified atom stereocenters. The molecule has 0 bridgehead atoms. The monoisotopic (exact) mass is 496 g/mol. The van der Waals surface area contributed by atoms with E-state index in [0.29, 0.717) is 19.0 Å². The molecule has 1 aliphatic carbocycles. The summed E-state index contributed by atoms with van der Waals surface area (Å²) in [6, 6.07) is 13.8. The van der Waals surface area contributed by atoms with Crippen molar-refractivity contribution in [2.75, 3.05) is 26.8 Å². The van der Waals surface area contributed by atoms with Crippen LogP contribution in [0, 0.1) is 5.92 Å². The first-order chi connectivity index (χ1) is 13.3. The minimum Gasteiger partial charge on any atom is -0.494 e. The average Bonchev–Trinajstić information content (AvgIpc) is 3.54. The Kier molecular flexibility index (Phi) is 9.88. The van der Waals surface area contributed by atoms with E-state index in [9.17, 15) is 0 Å². The standard InChI is InChI=1S/C21H28N4O2.HI/c1-22-21(23-12-5-13-26-19-6-3-2-4-7-19)25-15-18-10-11-20(24-14-18)27-16-17-8-9-17;/h2-4,6-7,10-11,14,17H,5,8-9,12-13,15-16H2,1H3,(H2,22,23,25);1H. The quantitative estimate of drug-likeness (QED) is 0.228. The third-order valence-electron chi connectivity index (χ3n) is 4.27. The molecule has 0 saturated heterocycles. The highest BCUT2D eigenvalue weighted by molar-refractivity contribution is 14.0. The minimum atomic E-state index is 0. The van der Waals surface area contributed by atoms with Gasteiger partial charge < -0.3 is 20.1 Å². The Morgan fingerprint density at radius 1 is 1.11 bits per heavy atom. The molecule has 1 aliphatic rings. The number of guanidine groups is 1. The number of aromatic nitrogens is 1. The van der Waals surface area contributed by atoms with Crippen LogP contribution in [0.15, 0.2) is 53.7 Å². The summed E-state index contributed by atoms with van der Waals surface area (Å²) in [4.78, 5) is 8.60. The molecule has 6 nitrogen and oxygen atoms in total. The topological polar surface area (TPSA) is 67.8 Å². The van der Waals surface area contributed by atoms with Crippen LogP contribution < -0.4 is 20.1 Å². The molecule has 3 rings (SSSR count). The molecule has 0 atom stereocenters. The van der Waals surface area contributed by atoms with Crippen LogP contribution in [0.25, 0.3) is 0 Å². The summed E-state index contributed by atoms with van der Waals surface area (Å²) >= 11 is 0. The van der Waals surface area contributed by atoms with Crippen LogP contribution in [0.3, 0.4) is 0 Å². The van der Waals surface area contributed by atoms with E-state index in [1.165, 1.54) is 12.8 Å². The lowest BCUT2D eigenvalue weighted by atomic mass is 10.3. The Morgan fingerprint density at radius 2 is 1.93 bits per heavy atom. The van der Waals surface area contributed by atoms with Crippen molar-refractivity contribution in [2.45, 2.75) is 25.8 Å². The summed E-state index contributed by atoms with van der Waals surface area (Å²) in [5, 5.41) is 6.58. The van der Waals surface area contributed by atoms with Gasteiger partial charge in [-0.2, -0.15) is 0 Å². The summed E-state index contributed by atoms with van der Waals surface area (Å²) in [6.07, 6.45) is 5.30. The van der Waals surface area contributed by atoms with Gasteiger partial charge in [0.25, 0.3) is 0 Å². The molecule has 0 radical (unpaired) electrons. The van der Waals surface area contributed by atoms with Gasteiger partial charge in [0.05, 0.1) is 13.2 Å². The zero-order valence-corrected chi connectivity index (χ0v) is 18.6. The normalized spacial score (nSPS) is 13.4. The molecule has 1 aromatic carbocycles. The first kappa shape index (κ1) is 22.3. The van der Waals surface area contributed by atoms with E-state index >= 15 is 0 Å². The van der Waals surface area contributed by atoms with Gasteiger partial charge in [-0.05, 0) is 42.9 Å². The number of nitrogens with zero attached hydrogens (tertiary/aromatic N) is 2. The molecule has 152 valence electrons. The first-order valence-corrected chi connectivity index (χ1v) is 9.53. The maximum absolute atomic E-state index is 5.68. The SMILES string of the molecule is CN=C(NCCCOc1ccccc1)NCc1ccc(OCC2CC2)nc1.I. The summed E-state index contributed by atoms with van der Waals surface area (Å²) in [5.74, 6) is 3.10. The average molecular weight is 496 g/mol. The molecule has 0 spiro atoms. The molecule has 0 aliphatic heterocycles. The molecule has 7 heteroatoms. The number of pyridine rings is 1. The van der Waals surface area contributed by atoms with Gasteiger partial charge >= 0.3 is 0 Å². The van der Waals surface area contributed by atoms with Gasteiger partial charge in [0.2, 0.25) is 5.88 Å². The highest BCUT2D eigenvalue weighted by atomic mass is 127. The predicted molar refractivity (Wildman–Crippen MR) is 123 cm³/mol. The molecule has 1 aromatic heterocycles. The zero-order chi connectivity index (χ0) is 18.7. The van der Waals surface area contributed by atoms with E-state index < -0.39 is 0 Å². The van der Waals surface area contributed by atoms with Crippen molar-refractivity contribution >= 4 is 29.9 Å². The van der Waals surface area contributed by atoms with Gasteiger partial charge in [0.1, 0.15) is 5.75 Å². The van der Waals surface area contributed by atoms with Crippen molar-refractivity contribution in [3.63, 3.8) is 0 Å². The lowest BCUT2D eigenvalue weighted by Crippen LogP contribution is -2.37. The van der Waals surface area contributed by atoms with Gasteiger partial charge in [-0.25, -0.2) is 4.98 Å². The number of para-hydroxylation sites is 1. The van der Waals surface area contributed by atoms with Crippen molar-refractivity contribution in [1.82, 2.24) is 15.6 Å². The van der Waals surface area contributed by atoms with Crippen molar-refractivity contribution in [3.8, 4) is 11.6 Å². The molecule has 0 amide bonds. The van der Waals surface area contributed by atoms with E-state index in [1.807, 2.05) is 48.7 Å². The number of aliphatic imine (C=N–C) groups is 1. The molecule has 1 heterocycles. The van der Waals surface area contributed by atoms with E-state index in [-0.39, 0.29) is 24.0 Å². The Labute approximate surface area is 184 Å². The fourth-order valence-electron chi connectivity index (χ4n) is 2.48. The third kappa shape index (κ3) is 8.33. The second-order valence-corrected chi connectivity index (χ2v) is 6.63. The number of hydrogen-bond acceptors (Lipinski definition) is 4. The lowest BCUT2D eigenvalue weighted by molar-refractivity contribution is 0.288. The molecular weight excluding hydrogens is 467 g/mol. The summed E-state index contributed by atoms with van der Waals surface area (Å²) < 4.78 is 11.3. The summed E-state index contributed by atoms with van der Waals surface area (Å²) in [5.41, 5.74) is 1.09. The number of rotatable bonds is 10. The van der Waals surface area contributed by atoms with Gasteiger partial charge in [-0.3, -0.25) is 4.99 Å². The zero-order valence-electron chi connectivity index (χ0n) is 16.3. The summed E-state index contributed by atoms with van der Waals surface area (Å²) in [6.45, 7) is 2.91. The molecule has 1 fully saturated rings. The van der Waals surface area contributed by atoms with Crippen molar-refractivity contribution in [2.24, 2.45) is 10.9 Å². The predicted octanol–water partition coefficient (Wildman–Crippen LogP) is 3.62. The van der Waals surface area contributed by atoms with Gasteiger partial charge in [-0.15, -0.1) is 24.0 Å². The van der Waals surface area contributed by atoms with E-state index in [1.54, 1.807) is 7.05 Å². The Balaban J connectivity index is 0.00000280. The maximum Gasteiger partial charge on any atom is 0.213 e. The number of ether oxygens (including phenoxy) is 2. The third-order valence-corrected chi connectivity index (χ3v) is 4.27. The van der Waals surface area contributed by atoms with Crippen LogP contribution in [0.5, 0.6) is 11.6 Å². The van der Waals surface area contributed by atoms with Crippen LogP contribution in [-0.2, 0) is 6.54 Å². The Bertz CT molecular complexity index is 706. The molecule has 2 N–H and O–H groups in total.